The normalized spacial score (nSPS) is 23.8. The molecule has 126 valence electrons. The summed E-state index contributed by atoms with van der Waals surface area (Å²) in [6.45, 7) is 6.35. The minimum absolute atomic E-state index is 0.199. The van der Waals surface area contributed by atoms with Gasteiger partial charge in [0.15, 0.2) is 0 Å². The summed E-state index contributed by atoms with van der Waals surface area (Å²) in [5.41, 5.74) is 3.96. The first-order valence-electron chi connectivity index (χ1n) is 8.76. The van der Waals surface area contributed by atoms with E-state index in [-0.39, 0.29) is 6.54 Å². The number of carboxylic acid groups (broad SMARTS) is 1. The molecule has 2 aliphatic carbocycles. The van der Waals surface area contributed by atoms with Crippen molar-refractivity contribution >= 4 is 5.97 Å². The van der Waals surface area contributed by atoms with Gasteiger partial charge in [0, 0.05) is 25.2 Å². The van der Waals surface area contributed by atoms with Crippen LogP contribution in [-0.4, -0.2) is 41.1 Å². The molecule has 0 unspecified atom stereocenters. The van der Waals surface area contributed by atoms with Crippen LogP contribution in [0.3, 0.4) is 0 Å². The number of hydrogen-bond donors (Lipinski definition) is 2. The van der Waals surface area contributed by atoms with E-state index < -0.39 is 5.97 Å². The van der Waals surface area contributed by atoms with Gasteiger partial charge in [-0.05, 0) is 51.0 Å². The Bertz CT molecular complexity index is 542. The lowest BCUT2D eigenvalue weighted by Crippen LogP contribution is -2.54. The summed E-state index contributed by atoms with van der Waals surface area (Å²) in [6.07, 6.45) is 4.70. The van der Waals surface area contributed by atoms with Crippen molar-refractivity contribution in [2.45, 2.75) is 58.2 Å². The van der Waals surface area contributed by atoms with Crippen LogP contribution in [0.15, 0.2) is 18.2 Å². The number of rotatable bonds is 8. The van der Waals surface area contributed by atoms with Crippen LogP contribution in [0, 0.1) is 19.8 Å². The third kappa shape index (κ3) is 4.79. The summed E-state index contributed by atoms with van der Waals surface area (Å²) in [4.78, 5) is 13.2. The Balaban J connectivity index is 1.44. The monoisotopic (exact) mass is 316 g/mol. The molecule has 0 bridgehead atoms. The van der Waals surface area contributed by atoms with Crippen LogP contribution in [0.5, 0.6) is 0 Å². The lowest BCUT2D eigenvalue weighted by Gasteiger charge is -2.43. The summed E-state index contributed by atoms with van der Waals surface area (Å²) in [7, 11) is 0. The first-order chi connectivity index (χ1) is 11.0. The minimum atomic E-state index is -0.697. The number of hydrogen-bond acceptors (Lipinski definition) is 3. The molecule has 0 radical (unpaired) electrons. The van der Waals surface area contributed by atoms with Crippen LogP contribution in [0.4, 0.5) is 0 Å². The van der Waals surface area contributed by atoms with Gasteiger partial charge in [0.2, 0.25) is 0 Å². The number of nitrogens with one attached hydrogen (secondary N) is 1. The molecule has 0 spiro atoms. The standard InChI is InChI=1S/C19H28N2O2/c1-13-5-14(2)7-16(6-13)10-20-17-8-18(9-17)21(12-19(22)23)11-15-3-4-15/h5-7,15,17-18,20H,3-4,8-12H2,1-2H3,(H,22,23). The SMILES string of the molecule is Cc1cc(C)cc(CNC2CC(N(CC(=O)O)CC3CC3)C2)c1. The number of aliphatic carboxylic acids is 1. The molecule has 1 aromatic carbocycles. The van der Waals surface area contributed by atoms with Crippen molar-refractivity contribution < 1.29 is 9.90 Å². The maximum atomic E-state index is 11.1. The number of carboxylic acids is 1. The predicted octanol–water partition coefficient (Wildman–Crippen LogP) is 2.72. The fourth-order valence-electron chi connectivity index (χ4n) is 3.63. The second-order valence-corrected chi connectivity index (χ2v) is 7.47. The lowest BCUT2D eigenvalue weighted by molar-refractivity contribution is -0.139. The Hall–Kier alpha value is -1.39. The van der Waals surface area contributed by atoms with Crippen LogP contribution in [-0.2, 0) is 11.3 Å². The van der Waals surface area contributed by atoms with Crippen LogP contribution in [0.25, 0.3) is 0 Å². The number of nitrogens with zero attached hydrogens (tertiary/aromatic N) is 1. The summed E-state index contributed by atoms with van der Waals surface area (Å²) < 4.78 is 0. The van der Waals surface area contributed by atoms with Gasteiger partial charge in [-0.15, -0.1) is 0 Å². The Morgan fingerprint density at radius 3 is 2.43 bits per heavy atom. The molecule has 0 amide bonds. The molecule has 1 aromatic rings. The van der Waals surface area contributed by atoms with Gasteiger partial charge in [-0.3, -0.25) is 9.69 Å². The van der Waals surface area contributed by atoms with Crippen molar-refractivity contribution in [2.24, 2.45) is 5.92 Å². The van der Waals surface area contributed by atoms with E-state index >= 15 is 0 Å². The number of benzene rings is 1. The molecule has 0 heterocycles. The van der Waals surface area contributed by atoms with Crippen molar-refractivity contribution in [2.75, 3.05) is 13.1 Å². The van der Waals surface area contributed by atoms with Gasteiger partial charge in [-0.2, -0.15) is 0 Å². The molecule has 4 heteroatoms. The first kappa shape index (κ1) is 16.5. The highest BCUT2D eigenvalue weighted by Gasteiger charge is 2.36. The zero-order valence-electron chi connectivity index (χ0n) is 14.2. The molecule has 2 saturated carbocycles. The summed E-state index contributed by atoms with van der Waals surface area (Å²) in [5.74, 6) is 0.0499. The smallest absolute Gasteiger partial charge is 0.317 e. The zero-order valence-corrected chi connectivity index (χ0v) is 14.2. The Labute approximate surface area is 138 Å². The van der Waals surface area contributed by atoms with Crippen molar-refractivity contribution in [3.05, 3.63) is 34.9 Å². The van der Waals surface area contributed by atoms with Gasteiger partial charge in [0.25, 0.3) is 0 Å². The van der Waals surface area contributed by atoms with Gasteiger partial charge in [0.1, 0.15) is 0 Å². The van der Waals surface area contributed by atoms with Gasteiger partial charge in [-0.25, -0.2) is 0 Å². The molecule has 0 aromatic heterocycles. The molecule has 2 fully saturated rings. The zero-order chi connectivity index (χ0) is 16.4. The lowest BCUT2D eigenvalue weighted by atomic mass is 9.85. The highest BCUT2D eigenvalue weighted by molar-refractivity contribution is 5.69. The van der Waals surface area contributed by atoms with Gasteiger partial charge >= 0.3 is 5.97 Å². The molecule has 0 saturated heterocycles. The van der Waals surface area contributed by atoms with E-state index in [4.69, 9.17) is 5.11 Å². The van der Waals surface area contributed by atoms with E-state index in [0.717, 1.165) is 31.8 Å². The first-order valence-corrected chi connectivity index (χ1v) is 8.76. The second-order valence-electron chi connectivity index (χ2n) is 7.47. The van der Waals surface area contributed by atoms with Gasteiger partial charge < -0.3 is 10.4 Å². The van der Waals surface area contributed by atoms with Crippen molar-refractivity contribution in [1.82, 2.24) is 10.2 Å². The van der Waals surface area contributed by atoms with E-state index in [1.165, 1.54) is 29.5 Å². The second kappa shape index (κ2) is 7.02. The topological polar surface area (TPSA) is 52.6 Å². The average molecular weight is 316 g/mol. The molecular weight excluding hydrogens is 288 g/mol. The summed E-state index contributed by atoms with van der Waals surface area (Å²) >= 11 is 0. The number of aryl methyl sites for hydroxylation is 2. The minimum Gasteiger partial charge on any atom is -0.480 e. The highest BCUT2D eigenvalue weighted by Crippen LogP contribution is 2.33. The molecule has 0 aliphatic heterocycles. The third-order valence-corrected chi connectivity index (χ3v) is 5.03. The molecule has 2 N–H and O–H groups in total. The van der Waals surface area contributed by atoms with Crippen molar-refractivity contribution in [1.29, 1.82) is 0 Å². The quantitative estimate of drug-likeness (QED) is 0.774. The van der Waals surface area contributed by atoms with Crippen LogP contribution in [0.1, 0.15) is 42.4 Å². The Morgan fingerprint density at radius 2 is 1.87 bits per heavy atom. The predicted molar refractivity (Wildman–Crippen MR) is 91.5 cm³/mol. The largest absolute Gasteiger partial charge is 0.480 e. The molecular formula is C19H28N2O2. The van der Waals surface area contributed by atoms with Crippen LogP contribution < -0.4 is 5.32 Å². The summed E-state index contributed by atoms with van der Waals surface area (Å²) in [5, 5.41) is 12.7. The fraction of sp³-hybridized carbons (Fsp3) is 0.632. The Morgan fingerprint density at radius 1 is 1.22 bits per heavy atom. The van der Waals surface area contributed by atoms with E-state index in [9.17, 15) is 4.79 Å². The van der Waals surface area contributed by atoms with Crippen molar-refractivity contribution in [3.63, 3.8) is 0 Å². The third-order valence-electron chi connectivity index (χ3n) is 5.03. The average Bonchev–Trinajstić information content (AvgIpc) is 3.18. The van der Waals surface area contributed by atoms with Crippen molar-refractivity contribution in [3.8, 4) is 0 Å². The molecule has 2 aliphatic rings. The highest BCUT2D eigenvalue weighted by atomic mass is 16.4. The van der Waals surface area contributed by atoms with E-state index in [1.54, 1.807) is 0 Å². The van der Waals surface area contributed by atoms with E-state index in [1.807, 2.05) is 0 Å². The van der Waals surface area contributed by atoms with Gasteiger partial charge in [-0.1, -0.05) is 29.3 Å². The molecule has 23 heavy (non-hydrogen) atoms. The maximum Gasteiger partial charge on any atom is 0.317 e. The van der Waals surface area contributed by atoms with Gasteiger partial charge in [0.05, 0.1) is 6.54 Å². The maximum absolute atomic E-state index is 11.1. The number of carbonyl (C=O) groups is 1. The Kier molecular flexibility index (Phi) is 5.02. The van der Waals surface area contributed by atoms with E-state index in [0.29, 0.717) is 12.1 Å². The van der Waals surface area contributed by atoms with Crippen LogP contribution in [0.2, 0.25) is 0 Å². The summed E-state index contributed by atoms with van der Waals surface area (Å²) in [6, 6.07) is 7.64. The molecule has 0 atom stereocenters. The van der Waals surface area contributed by atoms with E-state index in [2.05, 4.69) is 42.3 Å². The fourth-order valence-corrected chi connectivity index (χ4v) is 3.63. The van der Waals surface area contributed by atoms with Crippen LogP contribution >= 0.6 is 0 Å². The molecule has 3 rings (SSSR count). The molecule has 4 nitrogen and oxygen atoms in total.